The number of aromatic nitrogens is 2. The molecule has 0 bridgehead atoms. The van der Waals surface area contributed by atoms with Crippen molar-refractivity contribution in [3.05, 3.63) is 41.6 Å². The Morgan fingerprint density at radius 2 is 1.91 bits per heavy atom. The van der Waals surface area contributed by atoms with Crippen LogP contribution in [0, 0.1) is 6.92 Å². The van der Waals surface area contributed by atoms with E-state index < -0.39 is 27.5 Å². The fraction of sp³-hybridized carbons (Fsp3) is 0.154. The highest BCUT2D eigenvalue weighted by atomic mass is 32.2. The molecule has 116 valence electrons. The summed E-state index contributed by atoms with van der Waals surface area (Å²) in [6.45, 7) is 1.81. The third kappa shape index (κ3) is 3.55. The van der Waals surface area contributed by atoms with E-state index in [1.54, 1.807) is 18.4 Å². The van der Waals surface area contributed by atoms with Crippen molar-refractivity contribution in [1.82, 2.24) is 9.97 Å². The number of nitrogens with zero attached hydrogens (tertiary/aromatic N) is 2. The molecule has 1 aromatic heterocycles. The lowest BCUT2D eigenvalue weighted by molar-refractivity contribution is 0.0693. The number of aryl methyl sites for hydroxylation is 1. The maximum atomic E-state index is 12.2. The van der Waals surface area contributed by atoms with Crippen LogP contribution in [0.2, 0.25) is 0 Å². The fourth-order valence-corrected chi connectivity index (χ4v) is 2.75. The van der Waals surface area contributed by atoms with Gasteiger partial charge in [0.05, 0.1) is 0 Å². The lowest BCUT2D eigenvalue weighted by Gasteiger charge is -2.09. The number of carboxylic acids is 1. The van der Waals surface area contributed by atoms with E-state index in [4.69, 9.17) is 9.29 Å². The van der Waals surface area contributed by atoms with Crippen molar-refractivity contribution in [3.63, 3.8) is 0 Å². The van der Waals surface area contributed by atoms with Crippen molar-refractivity contribution in [2.45, 2.75) is 17.0 Å². The zero-order valence-electron chi connectivity index (χ0n) is 11.7. The van der Waals surface area contributed by atoms with Gasteiger partial charge in [-0.3, -0.25) is 0 Å². The average Bonchev–Trinajstić information content (AvgIpc) is 2.46. The van der Waals surface area contributed by atoms with Crippen LogP contribution in [0.15, 0.2) is 40.5 Å². The molecular weight excluding hydrogens is 328 g/mol. The van der Waals surface area contributed by atoms with Crippen LogP contribution in [0.3, 0.4) is 0 Å². The highest BCUT2D eigenvalue weighted by molar-refractivity contribution is 7.98. The van der Waals surface area contributed by atoms with Crippen LogP contribution in [-0.4, -0.2) is 35.7 Å². The summed E-state index contributed by atoms with van der Waals surface area (Å²) in [4.78, 5) is 18.6. The van der Waals surface area contributed by atoms with E-state index in [1.165, 1.54) is 12.1 Å². The predicted octanol–water partition coefficient (Wildman–Crippen LogP) is 1.97. The van der Waals surface area contributed by atoms with Gasteiger partial charge in [-0.1, -0.05) is 29.5 Å². The Bertz CT molecular complexity index is 804. The van der Waals surface area contributed by atoms with Crippen LogP contribution in [-0.2, 0) is 10.1 Å². The van der Waals surface area contributed by atoms with Crippen LogP contribution >= 0.6 is 11.8 Å². The molecule has 7 nitrogen and oxygen atoms in total. The largest absolute Gasteiger partial charge is 0.477 e. The minimum absolute atomic E-state index is 0.0845. The van der Waals surface area contributed by atoms with Gasteiger partial charge in [0.15, 0.2) is 5.16 Å². The minimum atomic E-state index is -4.17. The maximum Gasteiger partial charge on any atom is 0.342 e. The first kappa shape index (κ1) is 16.2. The summed E-state index contributed by atoms with van der Waals surface area (Å²) in [5.74, 6) is -1.88. The van der Waals surface area contributed by atoms with Gasteiger partial charge in [0.1, 0.15) is 10.5 Å². The van der Waals surface area contributed by atoms with Crippen molar-refractivity contribution in [2.24, 2.45) is 0 Å². The molecule has 2 aromatic rings. The maximum absolute atomic E-state index is 12.2. The van der Waals surface area contributed by atoms with E-state index in [9.17, 15) is 13.2 Å². The number of carboxylic acid groups (broad SMARTS) is 1. The van der Waals surface area contributed by atoms with E-state index in [1.807, 2.05) is 6.92 Å². The van der Waals surface area contributed by atoms with Crippen LogP contribution < -0.4 is 4.18 Å². The number of hydrogen-bond donors (Lipinski definition) is 1. The molecule has 0 amide bonds. The molecule has 0 saturated heterocycles. The Kier molecular flexibility index (Phi) is 4.67. The van der Waals surface area contributed by atoms with E-state index in [0.717, 1.165) is 23.5 Å². The second-order valence-electron chi connectivity index (χ2n) is 4.23. The molecule has 1 heterocycles. The Labute approximate surface area is 131 Å². The first-order chi connectivity index (χ1) is 10.3. The number of hydrogen-bond acceptors (Lipinski definition) is 7. The summed E-state index contributed by atoms with van der Waals surface area (Å²) >= 11 is 1.14. The molecule has 0 aliphatic carbocycles. The Hall–Kier alpha value is -2.13. The monoisotopic (exact) mass is 340 g/mol. The molecule has 0 spiro atoms. The Morgan fingerprint density at radius 1 is 1.27 bits per heavy atom. The number of aromatic carboxylic acids is 1. The van der Waals surface area contributed by atoms with Gasteiger partial charge in [0, 0.05) is 6.20 Å². The third-order valence-corrected chi connectivity index (χ3v) is 4.43. The van der Waals surface area contributed by atoms with Crippen molar-refractivity contribution < 1.29 is 22.5 Å². The predicted molar refractivity (Wildman–Crippen MR) is 79.8 cm³/mol. The molecule has 1 N–H and O–H groups in total. The number of benzene rings is 1. The molecule has 1 aromatic carbocycles. The standard InChI is InChI=1S/C13H12N2O5S2/c1-8-3-5-9(6-4-8)22(18,19)20-11-10(12(16)17)7-14-13(15-11)21-2/h3-7H,1-2H3,(H,16,17). The third-order valence-electron chi connectivity index (χ3n) is 2.64. The van der Waals surface area contributed by atoms with Crippen molar-refractivity contribution in [1.29, 1.82) is 0 Å². The first-order valence-corrected chi connectivity index (χ1v) is 8.62. The van der Waals surface area contributed by atoms with Gasteiger partial charge < -0.3 is 9.29 Å². The topological polar surface area (TPSA) is 106 Å². The van der Waals surface area contributed by atoms with Gasteiger partial charge in [0.25, 0.3) is 5.88 Å². The Morgan fingerprint density at radius 3 is 2.45 bits per heavy atom. The average molecular weight is 340 g/mol. The number of thioether (sulfide) groups is 1. The molecule has 0 aliphatic heterocycles. The molecule has 0 atom stereocenters. The summed E-state index contributed by atoms with van der Waals surface area (Å²) in [5, 5.41) is 9.28. The molecular formula is C13H12N2O5S2. The summed E-state index contributed by atoms with van der Waals surface area (Å²) in [6.07, 6.45) is 2.69. The smallest absolute Gasteiger partial charge is 0.342 e. The molecule has 2 rings (SSSR count). The highest BCUT2D eigenvalue weighted by Crippen LogP contribution is 2.23. The molecule has 22 heavy (non-hydrogen) atoms. The number of rotatable bonds is 5. The van der Waals surface area contributed by atoms with E-state index in [0.29, 0.717) is 0 Å². The quantitative estimate of drug-likeness (QED) is 0.500. The van der Waals surface area contributed by atoms with Crippen LogP contribution in [0.4, 0.5) is 0 Å². The summed E-state index contributed by atoms with van der Waals surface area (Å²) in [6, 6.07) is 5.98. The van der Waals surface area contributed by atoms with Crippen LogP contribution in [0.25, 0.3) is 0 Å². The van der Waals surface area contributed by atoms with Crippen LogP contribution in [0.1, 0.15) is 15.9 Å². The highest BCUT2D eigenvalue weighted by Gasteiger charge is 2.23. The normalized spacial score (nSPS) is 11.2. The van der Waals surface area contributed by atoms with E-state index in [-0.39, 0.29) is 10.1 Å². The lowest BCUT2D eigenvalue weighted by Crippen LogP contribution is -2.14. The zero-order valence-corrected chi connectivity index (χ0v) is 13.3. The number of carbonyl (C=O) groups is 1. The van der Waals surface area contributed by atoms with Gasteiger partial charge in [-0.2, -0.15) is 13.4 Å². The second-order valence-corrected chi connectivity index (χ2v) is 6.55. The van der Waals surface area contributed by atoms with E-state index >= 15 is 0 Å². The SMILES string of the molecule is CSc1ncc(C(=O)O)c(OS(=O)(=O)c2ccc(C)cc2)n1. The Balaban J connectivity index is 2.44. The van der Waals surface area contributed by atoms with Gasteiger partial charge >= 0.3 is 16.1 Å². The summed E-state index contributed by atoms with van der Waals surface area (Å²) in [7, 11) is -4.17. The second kappa shape index (κ2) is 6.32. The lowest BCUT2D eigenvalue weighted by atomic mass is 10.2. The molecule has 0 radical (unpaired) electrons. The van der Waals surface area contributed by atoms with Gasteiger partial charge in [-0.05, 0) is 25.3 Å². The molecule has 9 heteroatoms. The van der Waals surface area contributed by atoms with Gasteiger partial charge in [-0.15, -0.1) is 0 Å². The zero-order chi connectivity index (χ0) is 16.3. The first-order valence-electron chi connectivity index (χ1n) is 5.99. The summed E-state index contributed by atoms with van der Waals surface area (Å²) in [5.41, 5.74) is 0.463. The van der Waals surface area contributed by atoms with Gasteiger partial charge in [0.2, 0.25) is 0 Å². The van der Waals surface area contributed by atoms with Crippen LogP contribution in [0.5, 0.6) is 5.88 Å². The van der Waals surface area contributed by atoms with Gasteiger partial charge in [-0.25, -0.2) is 9.78 Å². The summed E-state index contributed by atoms with van der Waals surface area (Å²) < 4.78 is 29.3. The van der Waals surface area contributed by atoms with Crippen molar-refractivity contribution >= 4 is 27.8 Å². The van der Waals surface area contributed by atoms with Crippen molar-refractivity contribution in [2.75, 3.05) is 6.26 Å². The molecule has 0 saturated carbocycles. The molecule has 0 aliphatic rings. The minimum Gasteiger partial charge on any atom is -0.477 e. The molecule has 0 fully saturated rings. The fourth-order valence-electron chi connectivity index (χ4n) is 1.52. The van der Waals surface area contributed by atoms with Crippen molar-refractivity contribution in [3.8, 4) is 5.88 Å². The molecule has 0 unspecified atom stereocenters. The van der Waals surface area contributed by atoms with E-state index in [2.05, 4.69) is 9.97 Å².